The molecule has 0 aliphatic carbocycles. The molecule has 1 unspecified atom stereocenters. The van der Waals surface area contributed by atoms with Crippen LogP contribution in [0.4, 0.5) is 0 Å². The van der Waals surface area contributed by atoms with Gasteiger partial charge in [-0.2, -0.15) is 0 Å². The van der Waals surface area contributed by atoms with Gasteiger partial charge in [-0.05, 0) is 19.3 Å². The molecular formula is C9H16N2O. The quantitative estimate of drug-likeness (QED) is 0.566. The summed E-state index contributed by atoms with van der Waals surface area (Å²) in [4.78, 5) is 13.6. The summed E-state index contributed by atoms with van der Waals surface area (Å²) in [5.74, 6) is 0.352. The number of hydrogen-bond acceptors (Lipinski definition) is 2. The van der Waals surface area contributed by atoms with Gasteiger partial charge < -0.3 is 10.2 Å². The van der Waals surface area contributed by atoms with Gasteiger partial charge in [0, 0.05) is 32.1 Å². The lowest BCUT2D eigenvalue weighted by atomic mass is 10.0. The van der Waals surface area contributed by atoms with E-state index >= 15 is 0 Å². The monoisotopic (exact) mass is 168 g/mol. The van der Waals surface area contributed by atoms with Crippen molar-refractivity contribution in [3.8, 4) is 0 Å². The zero-order chi connectivity index (χ0) is 8.39. The van der Waals surface area contributed by atoms with Gasteiger partial charge >= 0.3 is 0 Å². The van der Waals surface area contributed by atoms with Crippen LogP contribution in [0.25, 0.3) is 0 Å². The molecule has 1 amide bonds. The van der Waals surface area contributed by atoms with Crippen molar-refractivity contribution in [2.75, 3.05) is 19.6 Å². The number of piperidine rings is 1. The largest absolute Gasteiger partial charge is 0.338 e. The maximum Gasteiger partial charge on any atom is 0.224 e. The summed E-state index contributed by atoms with van der Waals surface area (Å²) in [6, 6.07) is 0.494. The number of rotatable bonds is 0. The van der Waals surface area contributed by atoms with Crippen molar-refractivity contribution in [2.24, 2.45) is 0 Å². The van der Waals surface area contributed by atoms with Crippen molar-refractivity contribution < 1.29 is 4.79 Å². The molecule has 0 bridgehead atoms. The highest BCUT2D eigenvalue weighted by Gasteiger charge is 2.27. The summed E-state index contributed by atoms with van der Waals surface area (Å²) in [5, 5.41) is 3.31. The first kappa shape index (κ1) is 8.05. The van der Waals surface area contributed by atoms with Crippen molar-refractivity contribution in [1.29, 1.82) is 0 Å². The Morgan fingerprint density at radius 3 is 3.25 bits per heavy atom. The van der Waals surface area contributed by atoms with Crippen LogP contribution in [0.3, 0.4) is 0 Å². The first-order valence-electron chi connectivity index (χ1n) is 4.88. The lowest BCUT2D eigenvalue weighted by Gasteiger charge is -2.34. The molecule has 3 nitrogen and oxygen atoms in total. The molecule has 0 aromatic carbocycles. The molecule has 0 aromatic rings. The fraction of sp³-hybridized carbons (Fsp3) is 0.889. The molecule has 2 saturated heterocycles. The third-order valence-corrected chi connectivity index (χ3v) is 2.84. The minimum atomic E-state index is 0.352. The fourth-order valence-electron chi connectivity index (χ4n) is 2.15. The number of nitrogens with one attached hydrogen (secondary N) is 1. The SMILES string of the molecule is O=C1CCNCC2CCCCN12. The molecule has 1 N–H and O–H groups in total. The first-order valence-corrected chi connectivity index (χ1v) is 4.88. The van der Waals surface area contributed by atoms with E-state index in [4.69, 9.17) is 0 Å². The van der Waals surface area contributed by atoms with E-state index in [1.54, 1.807) is 0 Å². The van der Waals surface area contributed by atoms with E-state index in [1.165, 1.54) is 19.3 Å². The minimum Gasteiger partial charge on any atom is -0.338 e. The van der Waals surface area contributed by atoms with Gasteiger partial charge in [0.25, 0.3) is 0 Å². The fourth-order valence-corrected chi connectivity index (χ4v) is 2.15. The van der Waals surface area contributed by atoms with Crippen LogP contribution in [0, 0.1) is 0 Å². The van der Waals surface area contributed by atoms with E-state index in [0.717, 1.165) is 19.6 Å². The summed E-state index contributed by atoms with van der Waals surface area (Å²) in [6.07, 6.45) is 4.37. The molecule has 0 saturated carbocycles. The highest BCUT2D eigenvalue weighted by molar-refractivity contribution is 5.77. The minimum absolute atomic E-state index is 0.352. The molecule has 12 heavy (non-hydrogen) atoms. The van der Waals surface area contributed by atoms with Crippen molar-refractivity contribution in [1.82, 2.24) is 10.2 Å². The molecule has 2 rings (SSSR count). The average Bonchev–Trinajstić information content (AvgIpc) is 2.29. The second kappa shape index (κ2) is 3.44. The van der Waals surface area contributed by atoms with Crippen LogP contribution in [-0.4, -0.2) is 36.5 Å². The van der Waals surface area contributed by atoms with Crippen LogP contribution in [-0.2, 0) is 4.79 Å². The Balaban J connectivity index is 2.06. The predicted octanol–water partition coefficient (Wildman–Crippen LogP) is 0.361. The number of carbonyl (C=O) groups is 1. The van der Waals surface area contributed by atoms with E-state index in [9.17, 15) is 4.79 Å². The number of amides is 1. The highest BCUT2D eigenvalue weighted by Crippen LogP contribution is 2.18. The van der Waals surface area contributed by atoms with Gasteiger partial charge in [0.2, 0.25) is 5.91 Å². The lowest BCUT2D eigenvalue weighted by Crippen LogP contribution is -2.45. The zero-order valence-electron chi connectivity index (χ0n) is 7.38. The number of nitrogens with zero attached hydrogens (tertiary/aromatic N) is 1. The Labute approximate surface area is 73.1 Å². The Hall–Kier alpha value is -0.570. The number of carbonyl (C=O) groups excluding carboxylic acids is 1. The summed E-state index contributed by atoms with van der Waals surface area (Å²) in [6.45, 7) is 2.86. The molecule has 0 radical (unpaired) electrons. The van der Waals surface area contributed by atoms with Crippen LogP contribution in [0.5, 0.6) is 0 Å². The second-order valence-corrected chi connectivity index (χ2v) is 3.69. The van der Waals surface area contributed by atoms with Crippen molar-refractivity contribution in [3.05, 3.63) is 0 Å². The van der Waals surface area contributed by atoms with E-state index in [1.807, 2.05) is 0 Å². The molecule has 2 aliphatic rings. The van der Waals surface area contributed by atoms with Gasteiger partial charge in [-0.1, -0.05) is 0 Å². The summed E-state index contributed by atoms with van der Waals surface area (Å²) < 4.78 is 0. The molecule has 3 heteroatoms. The van der Waals surface area contributed by atoms with Gasteiger partial charge in [0.1, 0.15) is 0 Å². The smallest absolute Gasteiger partial charge is 0.224 e. The molecular weight excluding hydrogens is 152 g/mol. The second-order valence-electron chi connectivity index (χ2n) is 3.69. The lowest BCUT2D eigenvalue weighted by molar-refractivity contribution is -0.133. The van der Waals surface area contributed by atoms with Crippen LogP contribution >= 0.6 is 0 Å². The third kappa shape index (κ3) is 1.46. The Bertz CT molecular complexity index is 181. The first-order chi connectivity index (χ1) is 5.88. The predicted molar refractivity (Wildman–Crippen MR) is 46.8 cm³/mol. The van der Waals surface area contributed by atoms with Gasteiger partial charge in [-0.15, -0.1) is 0 Å². The summed E-state index contributed by atoms with van der Waals surface area (Å²) in [5.41, 5.74) is 0. The zero-order valence-corrected chi connectivity index (χ0v) is 7.38. The summed E-state index contributed by atoms with van der Waals surface area (Å²) >= 11 is 0. The highest BCUT2D eigenvalue weighted by atomic mass is 16.2. The molecule has 0 spiro atoms. The van der Waals surface area contributed by atoms with Crippen molar-refractivity contribution in [2.45, 2.75) is 31.7 Å². The van der Waals surface area contributed by atoms with E-state index < -0.39 is 0 Å². The average molecular weight is 168 g/mol. The van der Waals surface area contributed by atoms with Gasteiger partial charge in [0.05, 0.1) is 0 Å². The number of hydrogen-bond donors (Lipinski definition) is 1. The van der Waals surface area contributed by atoms with Gasteiger partial charge in [0.15, 0.2) is 0 Å². The molecule has 2 aliphatic heterocycles. The van der Waals surface area contributed by atoms with Crippen molar-refractivity contribution in [3.63, 3.8) is 0 Å². The molecule has 1 atom stereocenters. The van der Waals surface area contributed by atoms with Crippen LogP contribution in [0.15, 0.2) is 0 Å². The van der Waals surface area contributed by atoms with Crippen LogP contribution < -0.4 is 5.32 Å². The van der Waals surface area contributed by atoms with Gasteiger partial charge in [-0.25, -0.2) is 0 Å². The topological polar surface area (TPSA) is 32.3 Å². The maximum absolute atomic E-state index is 11.5. The standard InChI is InChI=1S/C9H16N2O/c12-9-4-5-10-7-8-3-1-2-6-11(8)9/h8,10H,1-7H2. The Morgan fingerprint density at radius 1 is 1.42 bits per heavy atom. The molecule has 0 aromatic heterocycles. The molecule has 2 heterocycles. The van der Waals surface area contributed by atoms with Crippen LogP contribution in [0.2, 0.25) is 0 Å². The molecule has 68 valence electrons. The molecule has 2 fully saturated rings. The Morgan fingerprint density at radius 2 is 2.33 bits per heavy atom. The summed E-state index contributed by atoms with van der Waals surface area (Å²) in [7, 11) is 0. The van der Waals surface area contributed by atoms with E-state index in [-0.39, 0.29) is 0 Å². The van der Waals surface area contributed by atoms with E-state index in [2.05, 4.69) is 10.2 Å². The maximum atomic E-state index is 11.5. The Kier molecular flexibility index (Phi) is 2.30. The normalized spacial score (nSPS) is 31.2. The third-order valence-electron chi connectivity index (χ3n) is 2.84. The van der Waals surface area contributed by atoms with E-state index in [0.29, 0.717) is 18.4 Å². The van der Waals surface area contributed by atoms with Crippen LogP contribution in [0.1, 0.15) is 25.7 Å². The van der Waals surface area contributed by atoms with Crippen molar-refractivity contribution >= 4 is 5.91 Å². The number of fused-ring (bicyclic) bond motifs is 1. The van der Waals surface area contributed by atoms with Gasteiger partial charge in [-0.3, -0.25) is 4.79 Å².